The summed E-state index contributed by atoms with van der Waals surface area (Å²) in [7, 11) is 0. The summed E-state index contributed by atoms with van der Waals surface area (Å²) in [6.45, 7) is 12.8. The maximum Gasteiger partial charge on any atom is 0.471 e. The highest BCUT2D eigenvalue weighted by Crippen LogP contribution is 2.27. The molecule has 168 valence electrons. The fraction of sp³-hybridized carbons (Fsp3) is 0.500. The summed E-state index contributed by atoms with van der Waals surface area (Å²) in [6.07, 6.45) is 1.33. The van der Waals surface area contributed by atoms with Gasteiger partial charge in [0.1, 0.15) is 0 Å². The van der Waals surface area contributed by atoms with Crippen LogP contribution in [0.25, 0.3) is 23.2 Å². The third kappa shape index (κ3) is 6.40. The molecule has 0 spiro atoms. The van der Waals surface area contributed by atoms with Crippen LogP contribution in [0.3, 0.4) is 0 Å². The molecule has 2 aromatic heterocycles. The average molecular weight is 435 g/mol. The van der Waals surface area contributed by atoms with Crippen molar-refractivity contribution in [3.63, 3.8) is 0 Å². The third-order valence-corrected chi connectivity index (χ3v) is 5.04. The summed E-state index contributed by atoms with van der Waals surface area (Å²) in [4.78, 5) is 10.2. The maximum absolute atomic E-state index is 12.5. The third-order valence-electron chi connectivity index (χ3n) is 5.04. The van der Waals surface area contributed by atoms with Crippen LogP contribution in [0, 0.1) is 5.41 Å². The van der Waals surface area contributed by atoms with Crippen LogP contribution in [0.4, 0.5) is 13.2 Å². The number of rotatable bonds is 8. The van der Waals surface area contributed by atoms with E-state index < -0.39 is 12.1 Å². The Morgan fingerprint density at radius 2 is 1.90 bits per heavy atom. The minimum Gasteiger partial charge on any atom is -0.329 e. The largest absolute Gasteiger partial charge is 0.471 e. The van der Waals surface area contributed by atoms with Crippen molar-refractivity contribution < 1.29 is 17.7 Å². The number of nitrogens with zero attached hydrogens (tertiary/aromatic N) is 5. The number of benzene rings is 1. The SMILES string of the molecule is CCN(CCn1cnc2cc(/C=C/c3noc(C(F)(F)F)n3)ccc21)CCC(C)(C)C. The van der Waals surface area contributed by atoms with Crippen LogP contribution >= 0.6 is 0 Å². The van der Waals surface area contributed by atoms with Crippen LogP contribution < -0.4 is 0 Å². The number of hydrogen-bond acceptors (Lipinski definition) is 5. The van der Waals surface area contributed by atoms with E-state index >= 15 is 0 Å². The fourth-order valence-corrected chi connectivity index (χ4v) is 3.12. The van der Waals surface area contributed by atoms with Crippen LogP contribution in [0.1, 0.15) is 51.4 Å². The van der Waals surface area contributed by atoms with Crippen LogP contribution in [0.5, 0.6) is 0 Å². The summed E-state index contributed by atoms with van der Waals surface area (Å²) in [6, 6.07) is 5.73. The lowest BCUT2D eigenvalue weighted by molar-refractivity contribution is -0.159. The molecular weight excluding hydrogens is 407 g/mol. The van der Waals surface area contributed by atoms with Crippen molar-refractivity contribution >= 4 is 23.2 Å². The van der Waals surface area contributed by atoms with E-state index in [-0.39, 0.29) is 5.82 Å². The number of fused-ring (bicyclic) bond motifs is 1. The van der Waals surface area contributed by atoms with E-state index in [4.69, 9.17) is 0 Å². The lowest BCUT2D eigenvalue weighted by Crippen LogP contribution is -2.30. The molecule has 0 aliphatic heterocycles. The van der Waals surface area contributed by atoms with E-state index in [1.807, 2.05) is 24.5 Å². The molecule has 0 saturated carbocycles. The average Bonchev–Trinajstić information content (AvgIpc) is 3.32. The van der Waals surface area contributed by atoms with Crippen molar-refractivity contribution in [3.05, 3.63) is 41.8 Å². The highest BCUT2D eigenvalue weighted by atomic mass is 19.4. The highest BCUT2D eigenvalue weighted by molar-refractivity contribution is 5.80. The summed E-state index contributed by atoms with van der Waals surface area (Å²) >= 11 is 0. The van der Waals surface area contributed by atoms with Crippen LogP contribution in [-0.2, 0) is 12.7 Å². The predicted octanol–water partition coefficient (Wildman–Crippen LogP) is 5.37. The first-order valence-electron chi connectivity index (χ1n) is 10.3. The zero-order valence-electron chi connectivity index (χ0n) is 18.3. The number of likely N-dealkylation sites (N-methyl/N-ethyl adjacent to an activating group) is 1. The second kappa shape index (κ2) is 9.21. The first-order chi connectivity index (χ1) is 14.5. The zero-order chi connectivity index (χ0) is 22.6. The Balaban J connectivity index is 1.65. The van der Waals surface area contributed by atoms with Crippen molar-refractivity contribution in [2.24, 2.45) is 5.41 Å². The molecule has 0 atom stereocenters. The van der Waals surface area contributed by atoms with Crippen molar-refractivity contribution in [2.75, 3.05) is 19.6 Å². The molecule has 0 fully saturated rings. The Bertz CT molecular complexity index is 1030. The van der Waals surface area contributed by atoms with Gasteiger partial charge in [-0.25, -0.2) is 4.98 Å². The molecule has 3 rings (SSSR count). The Labute approximate surface area is 179 Å². The number of hydrogen-bond donors (Lipinski definition) is 0. The van der Waals surface area contributed by atoms with Crippen LogP contribution in [-0.4, -0.2) is 44.2 Å². The minimum atomic E-state index is -4.65. The lowest BCUT2D eigenvalue weighted by atomic mass is 9.92. The van der Waals surface area contributed by atoms with E-state index in [9.17, 15) is 13.2 Å². The molecular formula is C22H28F3N5O. The molecule has 0 bridgehead atoms. The standard InChI is InChI=1S/C22H28F3N5O/c1-5-29(11-10-21(2,3)4)12-13-30-15-26-17-14-16(6-8-18(17)30)7-9-19-27-20(31-28-19)22(23,24)25/h6-9,14-15H,5,10-13H2,1-4H3/b9-7+. The van der Waals surface area contributed by atoms with Gasteiger partial charge >= 0.3 is 12.1 Å². The van der Waals surface area contributed by atoms with E-state index in [0.29, 0.717) is 5.41 Å². The molecule has 2 heterocycles. The van der Waals surface area contributed by atoms with Crippen molar-refractivity contribution in [2.45, 2.75) is 46.8 Å². The first-order valence-corrected chi connectivity index (χ1v) is 10.3. The summed E-state index contributed by atoms with van der Waals surface area (Å²) in [5.41, 5.74) is 2.94. The van der Waals surface area contributed by atoms with E-state index in [2.05, 4.69) is 56.8 Å². The Morgan fingerprint density at radius 1 is 1.13 bits per heavy atom. The van der Waals surface area contributed by atoms with Gasteiger partial charge in [0.2, 0.25) is 0 Å². The van der Waals surface area contributed by atoms with Gasteiger partial charge in [0.15, 0.2) is 5.82 Å². The van der Waals surface area contributed by atoms with Gasteiger partial charge in [-0.15, -0.1) is 0 Å². The monoisotopic (exact) mass is 435 g/mol. The Hall–Kier alpha value is -2.68. The number of imidazole rings is 1. The van der Waals surface area contributed by atoms with Gasteiger partial charge in [0.25, 0.3) is 0 Å². The molecule has 6 nitrogen and oxygen atoms in total. The lowest BCUT2D eigenvalue weighted by Gasteiger charge is -2.25. The maximum atomic E-state index is 12.5. The summed E-state index contributed by atoms with van der Waals surface area (Å²) in [5, 5.41) is 3.33. The molecule has 0 unspecified atom stereocenters. The topological polar surface area (TPSA) is 60.0 Å². The number of alkyl halides is 3. The number of aromatic nitrogens is 4. The van der Waals surface area contributed by atoms with E-state index in [1.165, 1.54) is 6.08 Å². The number of halogens is 3. The first kappa shape index (κ1) is 23.0. The molecule has 0 N–H and O–H groups in total. The van der Waals surface area contributed by atoms with Gasteiger partial charge < -0.3 is 14.0 Å². The molecule has 9 heteroatoms. The van der Waals surface area contributed by atoms with Gasteiger partial charge in [-0.2, -0.15) is 18.2 Å². The van der Waals surface area contributed by atoms with Gasteiger partial charge in [-0.1, -0.05) is 45.0 Å². The Kier molecular flexibility index (Phi) is 6.83. The molecule has 0 radical (unpaired) electrons. The minimum absolute atomic E-state index is 0.132. The summed E-state index contributed by atoms with van der Waals surface area (Å²) < 4.78 is 44.0. The normalized spacial score (nSPS) is 13.2. The van der Waals surface area contributed by atoms with Crippen molar-refractivity contribution in [3.8, 4) is 0 Å². The fourth-order valence-electron chi connectivity index (χ4n) is 3.12. The van der Waals surface area contributed by atoms with Crippen molar-refractivity contribution in [1.29, 1.82) is 0 Å². The highest BCUT2D eigenvalue weighted by Gasteiger charge is 2.38. The van der Waals surface area contributed by atoms with Crippen LogP contribution in [0.15, 0.2) is 29.0 Å². The summed E-state index contributed by atoms with van der Waals surface area (Å²) in [5.74, 6) is -1.49. The van der Waals surface area contributed by atoms with Gasteiger partial charge in [-0.3, -0.25) is 0 Å². The predicted molar refractivity (Wildman–Crippen MR) is 114 cm³/mol. The molecule has 31 heavy (non-hydrogen) atoms. The van der Waals surface area contributed by atoms with Gasteiger partial charge in [-0.05, 0) is 48.7 Å². The molecule has 1 aromatic carbocycles. The second-order valence-electron chi connectivity index (χ2n) is 8.72. The second-order valence-corrected chi connectivity index (χ2v) is 8.72. The quantitative estimate of drug-likeness (QED) is 0.476. The molecule has 3 aromatic rings. The molecule has 0 aliphatic carbocycles. The zero-order valence-corrected chi connectivity index (χ0v) is 18.3. The van der Waals surface area contributed by atoms with E-state index in [1.54, 1.807) is 6.08 Å². The molecule has 0 saturated heterocycles. The molecule has 0 amide bonds. The smallest absolute Gasteiger partial charge is 0.329 e. The Morgan fingerprint density at radius 3 is 2.55 bits per heavy atom. The van der Waals surface area contributed by atoms with Crippen LogP contribution in [0.2, 0.25) is 0 Å². The van der Waals surface area contributed by atoms with E-state index in [0.717, 1.165) is 49.2 Å². The van der Waals surface area contributed by atoms with Gasteiger partial charge in [0.05, 0.1) is 17.4 Å². The van der Waals surface area contributed by atoms with Crippen molar-refractivity contribution in [1.82, 2.24) is 24.6 Å². The van der Waals surface area contributed by atoms with Gasteiger partial charge in [0, 0.05) is 13.1 Å². The molecule has 0 aliphatic rings.